The quantitative estimate of drug-likeness (QED) is 0.707. The van der Waals surface area contributed by atoms with Gasteiger partial charge in [0.15, 0.2) is 0 Å². The zero-order valence-electron chi connectivity index (χ0n) is 12.7. The van der Waals surface area contributed by atoms with Gasteiger partial charge in [0, 0.05) is 24.0 Å². The molecule has 24 heavy (non-hydrogen) atoms. The second kappa shape index (κ2) is 7.15. The molecular formula is C19H15ClN2O2. The van der Waals surface area contributed by atoms with E-state index in [9.17, 15) is 9.90 Å². The second-order valence-corrected chi connectivity index (χ2v) is 5.65. The summed E-state index contributed by atoms with van der Waals surface area (Å²) >= 11 is 6.19. The van der Waals surface area contributed by atoms with Gasteiger partial charge in [0.2, 0.25) is 0 Å². The molecule has 0 fully saturated rings. The zero-order valence-corrected chi connectivity index (χ0v) is 13.5. The molecule has 0 aliphatic carbocycles. The SMILES string of the molecule is O=C(O)c1ccc(-c2ncccc2Cl)cc1NCc1ccccc1. The first-order valence-electron chi connectivity index (χ1n) is 7.41. The summed E-state index contributed by atoms with van der Waals surface area (Å²) in [6.45, 7) is 0.528. The lowest BCUT2D eigenvalue weighted by Gasteiger charge is -2.12. The Morgan fingerprint density at radius 1 is 1.08 bits per heavy atom. The number of aromatic carboxylic acids is 1. The molecule has 120 valence electrons. The molecule has 0 radical (unpaired) electrons. The highest BCUT2D eigenvalue weighted by atomic mass is 35.5. The van der Waals surface area contributed by atoms with Gasteiger partial charge in [-0.1, -0.05) is 48.0 Å². The van der Waals surface area contributed by atoms with Gasteiger partial charge in [0.25, 0.3) is 0 Å². The summed E-state index contributed by atoms with van der Waals surface area (Å²) in [5.74, 6) is -0.982. The van der Waals surface area contributed by atoms with E-state index in [-0.39, 0.29) is 5.56 Å². The molecule has 0 aliphatic rings. The predicted octanol–water partition coefficient (Wildman–Crippen LogP) is 4.71. The number of carbonyl (C=O) groups is 1. The van der Waals surface area contributed by atoms with Crippen molar-refractivity contribution < 1.29 is 9.90 Å². The topological polar surface area (TPSA) is 62.2 Å². The molecule has 3 aromatic rings. The molecule has 1 aromatic heterocycles. The van der Waals surface area contributed by atoms with Crippen LogP contribution in [-0.2, 0) is 6.54 Å². The second-order valence-electron chi connectivity index (χ2n) is 5.24. The highest BCUT2D eigenvalue weighted by Crippen LogP contribution is 2.29. The highest BCUT2D eigenvalue weighted by Gasteiger charge is 2.13. The van der Waals surface area contributed by atoms with E-state index in [2.05, 4.69) is 10.3 Å². The van der Waals surface area contributed by atoms with Gasteiger partial charge in [-0.05, 0) is 29.8 Å². The fourth-order valence-electron chi connectivity index (χ4n) is 2.42. The Bertz CT molecular complexity index is 866. The van der Waals surface area contributed by atoms with Crippen molar-refractivity contribution in [1.82, 2.24) is 4.98 Å². The highest BCUT2D eigenvalue weighted by molar-refractivity contribution is 6.33. The Hall–Kier alpha value is -2.85. The summed E-state index contributed by atoms with van der Waals surface area (Å²) in [4.78, 5) is 15.7. The molecule has 0 atom stereocenters. The molecule has 2 N–H and O–H groups in total. The van der Waals surface area contributed by atoms with Crippen molar-refractivity contribution in [3.63, 3.8) is 0 Å². The molecular weight excluding hydrogens is 324 g/mol. The summed E-state index contributed by atoms with van der Waals surface area (Å²) in [7, 11) is 0. The molecule has 4 nitrogen and oxygen atoms in total. The first kappa shape index (κ1) is 16.0. The standard InChI is InChI=1S/C19H15ClN2O2/c20-16-7-4-10-21-18(16)14-8-9-15(19(23)24)17(11-14)22-12-13-5-2-1-3-6-13/h1-11,22H,12H2,(H,23,24). The molecule has 5 heteroatoms. The van der Waals surface area contributed by atoms with Crippen LogP contribution in [0.3, 0.4) is 0 Å². The van der Waals surface area contributed by atoms with Gasteiger partial charge < -0.3 is 10.4 Å². The van der Waals surface area contributed by atoms with E-state index in [1.807, 2.05) is 30.3 Å². The number of benzene rings is 2. The first-order chi connectivity index (χ1) is 11.6. The maximum atomic E-state index is 11.5. The third-order valence-corrected chi connectivity index (χ3v) is 3.91. The van der Waals surface area contributed by atoms with Crippen molar-refractivity contribution in [2.24, 2.45) is 0 Å². The number of anilines is 1. The Labute approximate surface area is 144 Å². The minimum absolute atomic E-state index is 0.210. The monoisotopic (exact) mass is 338 g/mol. The van der Waals surface area contributed by atoms with Gasteiger partial charge in [0.05, 0.1) is 16.3 Å². The number of halogens is 1. The van der Waals surface area contributed by atoms with Crippen LogP contribution >= 0.6 is 11.6 Å². The van der Waals surface area contributed by atoms with Gasteiger partial charge in [-0.15, -0.1) is 0 Å². The molecule has 0 aliphatic heterocycles. The van der Waals surface area contributed by atoms with Crippen LogP contribution in [-0.4, -0.2) is 16.1 Å². The number of pyridine rings is 1. The van der Waals surface area contributed by atoms with Crippen molar-refractivity contribution in [2.75, 3.05) is 5.32 Å². The molecule has 1 heterocycles. The maximum Gasteiger partial charge on any atom is 0.337 e. The van der Waals surface area contributed by atoms with Crippen molar-refractivity contribution in [3.05, 3.63) is 83.0 Å². The van der Waals surface area contributed by atoms with Crippen LogP contribution in [0, 0.1) is 0 Å². The Morgan fingerprint density at radius 3 is 2.58 bits per heavy atom. The van der Waals surface area contributed by atoms with E-state index in [0.29, 0.717) is 22.9 Å². The number of aromatic nitrogens is 1. The number of rotatable bonds is 5. The fraction of sp³-hybridized carbons (Fsp3) is 0.0526. The van der Waals surface area contributed by atoms with Crippen molar-refractivity contribution in [3.8, 4) is 11.3 Å². The Kier molecular flexibility index (Phi) is 4.77. The maximum absolute atomic E-state index is 11.5. The summed E-state index contributed by atoms with van der Waals surface area (Å²) in [6.07, 6.45) is 1.66. The first-order valence-corrected chi connectivity index (χ1v) is 7.79. The Morgan fingerprint density at radius 2 is 1.88 bits per heavy atom. The van der Waals surface area contributed by atoms with Gasteiger partial charge in [-0.2, -0.15) is 0 Å². The molecule has 0 amide bonds. The predicted molar refractivity (Wildman–Crippen MR) is 95.4 cm³/mol. The minimum atomic E-state index is -0.982. The van der Waals surface area contributed by atoms with Crippen LogP contribution < -0.4 is 5.32 Å². The lowest BCUT2D eigenvalue weighted by molar-refractivity contribution is 0.0698. The minimum Gasteiger partial charge on any atom is -0.478 e. The van der Waals surface area contributed by atoms with Crippen LogP contribution in [0.4, 0.5) is 5.69 Å². The third-order valence-electron chi connectivity index (χ3n) is 3.61. The number of carboxylic acid groups (broad SMARTS) is 1. The van der Waals surface area contributed by atoms with E-state index in [1.165, 1.54) is 0 Å². The lowest BCUT2D eigenvalue weighted by Crippen LogP contribution is -2.06. The summed E-state index contributed by atoms with van der Waals surface area (Å²) in [5.41, 5.74) is 3.20. The van der Waals surface area contributed by atoms with Crippen LogP contribution in [0.5, 0.6) is 0 Å². The fourth-order valence-corrected chi connectivity index (χ4v) is 2.65. The number of nitrogens with one attached hydrogen (secondary N) is 1. The number of nitrogens with zero attached hydrogens (tertiary/aromatic N) is 1. The largest absolute Gasteiger partial charge is 0.478 e. The average molecular weight is 339 g/mol. The van der Waals surface area contributed by atoms with Gasteiger partial charge in [-0.25, -0.2) is 4.79 Å². The average Bonchev–Trinajstić information content (AvgIpc) is 2.61. The molecule has 0 saturated carbocycles. The van der Waals surface area contributed by atoms with E-state index in [4.69, 9.17) is 11.6 Å². The molecule has 0 saturated heterocycles. The van der Waals surface area contributed by atoms with Crippen LogP contribution in [0.15, 0.2) is 66.9 Å². The third kappa shape index (κ3) is 3.55. The lowest BCUT2D eigenvalue weighted by atomic mass is 10.1. The molecule has 0 spiro atoms. The van der Waals surface area contributed by atoms with Crippen molar-refractivity contribution in [2.45, 2.75) is 6.54 Å². The Balaban J connectivity index is 1.95. The van der Waals surface area contributed by atoms with E-state index in [1.54, 1.807) is 36.5 Å². The van der Waals surface area contributed by atoms with E-state index >= 15 is 0 Å². The van der Waals surface area contributed by atoms with Crippen molar-refractivity contribution in [1.29, 1.82) is 0 Å². The van der Waals surface area contributed by atoms with E-state index < -0.39 is 5.97 Å². The van der Waals surface area contributed by atoms with Crippen LogP contribution in [0.25, 0.3) is 11.3 Å². The molecule has 2 aromatic carbocycles. The van der Waals surface area contributed by atoms with Gasteiger partial charge in [-0.3, -0.25) is 4.98 Å². The molecule has 3 rings (SSSR count). The van der Waals surface area contributed by atoms with Gasteiger partial charge in [0.1, 0.15) is 0 Å². The van der Waals surface area contributed by atoms with Crippen LogP contribution in [0.2, 0.25) is 5.02 Å². The molecule has 0 bridgehead atoms. The summed E-state index contributed by atoms with van der Waals surface area (Å²) in [5, 5.41) is 13.1. The van der Waals surface area contributed by atoms with Crippen LogP contribution in [0.1, 0.15) is 15.9 Å². The zero-order chi connectivity index (χ0) is 16.9. The van der Waals surface area contributed by atoms with Crippen molar-refractivity contribution >= 4 is 23.3 Å². The number of carboxylic acids is 1. The normalized spacial score (nSPS) is 10.4. The van der Waals surface area contributed by atoms with Gasteiger partial charge >= 0.3 is 5.97 Å². The number of hydrogen-bond donors (Lipinski definition) is 2. The molecule has 0 unspecified atom stereocenters. The summed E-state index contributed by atoms with van der Waals surface area (Å²) in [6, 6.07) is 18.3. The smallest absolute Gasteiger partial charge is 0.337 e. The summed E-state index contributed by atoms with van der Waals surface area (Å²) < 4.78 is 0. The van der Waals surface area contributed by atoms with E-state index in [0.717, 1.165) is 11.1 Å². The number of hydrogen-bond acceptors (Lipinski definition) is 3.